The summed E-state index contributed by atoms with van der Waals surface area (Å²) in [5, 5.41) is 4.81. The van der Waals surface area contributed by atoms with Crippen LogP contribution in [0, 0.1) is 0 Å². The molecule has 154 valence electrons. The summed E-state index contributed by atoms with van der Waals surface area (Å²) in [6, 6.07) is 18.5. The largest absolute Gasteiger partial charge is 0.493 e. The molecular weight excluding hydrogens is 425 g/mol. The van der Waals surface area contributed by atoms with Gasteiger partial charge in [-0.25, -0.2) is 9.97 Å². The first-order chi connectivity index (χ1) is 14.2. The van der Waals surface area contributed by atoms with E-state index in [0.717, 1.165) is 28.1 Å². The maximum atomic E-state index is 5.90. The molecule has 0 atom stereocenters. The molecule has 3 aromatic carbocycles. The van der Waals surface area contributed by atoms with Crippen molar-refractivity contribution < 1.29 is 14.2 Å². The Bertz CT molecular complexity index is 1140. The summed E-state index contributed by atoms with van der Waals surface area (Å²) >= 11 is 5.90. The number of nitrogens with one attached hydrogen (secondary N) is 1. The second kappa shape index (κ2) is 9.52. The van der Waals surface area contributed by atoms with E-state index in [-0.39, 0.29) is 12.4 Å². The molecule has 0 aliphatic carbocycles. The molecule has 0 fully saturated rings. The lowest BCUT2D eigenvalue weighted by molar-refractivity contribution is 0.356. The van der Waals surface area contributed by atoms with E-state index in [1.165, 1.54) is 6.33 Å². The number of anilines is 2. The lowest BCUT2D eigenvalue weighted by Crippen LogP contribution is -1.98. The molecule has 4 aromatic rings. The Morgan fingerprint density at radius 1 is 0.800 bits per heavy atom. The van der Waals surface area contributed by atoms with Gasteiger partial charge in [-0.3, -0.25) is 0 Å². The van der Waals surface area contributed by atoms with Crippen LogP contribution in [0.25, 0.3) is 10.9 Å². The molecule has 4 rings (SSSR count). The number of ether oxygens (including phenoxy) is 3. The number of rotatable bonds is 6. The van der Waals surface area contributed by atoms with Crippen molar-refractivity contribution in [3.8, 4) is 23.0 Å². The van der Waals surface area contributed by atoms with Crippen molar-refractivity contribution >= 4 is 46.4 Å². The number of benzene rings is 3. The van der Waals surface area contributed by atoms with E-state index in [4.69, 9.17) is 25.8 Å². The Morgan fingerprint density at radius 3 is 2.03 bits per heavy atom. The fourth-order valence-corrected chi connectivity index (χ4v) is 2.99. The maximum absolute atomic E-state index is 5.90. The van der Waals surface area contributed by atoms with Gasteiger partial charge in [0.05, 0.1) is 19.7 Å². The first-order valence-electron chi connectivity index (χ1n) is 8.83. The Hall–Kier alpha value is -3.22. The Morgan fingerprint density at radius 2 is 1.40 bits per heavy atom. The second-order valence-corrected chi connectivity index (χ2v) is 6.59. The van der Waals surface area contributed by atoms with Crippen molar-refractivity contribution in [3.05, 3.63) is 72.0 Å². The van der Waals surface area contributed by atoms with E-state index < -0.39 is 0 Å². The van der Waals surface area contributed by atoms with Crippen LogP contribution in [-0.2, 0) is 0 Å². The van der Waals surface area contributed by atoms with Gasteiger partial charge in [-0.2, -0.15) is 0 Å². The minimum Gasteiger partial charge on any atom is -0.493 e. The van der Waals surface area contributed by atoms with Gasteiger partial charge < -0.3 is 19.5 Å². The van der Waals surface area contributed by atoms with E-state index in [1.807, 2.05) is 48.5 Å². The SMILES string of the molecule is COc1cc2ncnc(Nc3ccc(Oc4ccc(Cl)cc4)cc3)c2cc1OC.Cl. The number of fused-ring (bicyclic) bond motifs is 1. The summed E-state index contributed by atoms with van der Waals surface area (Å²) in [5.41, 5.74) is 1.62. The van der Waals surface area contributed by atoms with Crippen LogP contribution in [-0.4, -0.2) is 24.2 Å². The minimum absolute atomic E-state index is 0. The van der Waals surface area contributed by atoms with Crippen LogP contribution in [0.2, 0.25) is 5.02 Å². The van der Waals surface area contributed by atoms with E-state index in [0.29, 0.717) is 22.3 Å². The van der Waals surface area contributed by atoms with Crippen LogP contribution in [0.15, 0.2) is 67.0 Å². The quantitative estimate of drug-likeness (QED) is 0.379. The zero-order valence-electron chi connectivity index (χ0n) is 16.3. The summed E-state index contributed by atoms with van der Waals surface area (Å²) in [4.78, 5) is 8.69. The summed E-state index contributed by atoms with van der Waals surface area (Å²) < 4.78 is 16.6. The molecule has 0 saturated heterocycles. The molecular formula is C22H19Cl2N3O3. The molecule has 0 radical (unpaired) electrons. The molecule has 0 aliphatic rings. The molecule has 0 unspecified atom stereocenters. The maximum Gasteiger partial charge on any atom is 0.162 e. The molecule has 1 heterocycles. The molecule has 6 nitrogen and oxygen atoms in total. The number of hydrogen-bond donors (Lipinski definition) is 1. The van der Waals surface area contributed by atoms with Gasteiger partial charge in [-0.05, 0) is 54.6 Å². The zero-order valence-corrected chi connectivity index (χ0v) is 17.8. The van der Waals surface area contributed by atoms with Crippen molar-refractivity contribution in [3.63, 3.8) is 0 Å². The third-order valence-corrected chi connectivity index (χ3v) is 4.56. The van der Waals surface area contributed by atoms with Gasteiger partial charge >= 0.3 is 0 Å². The predicted octanol–water partition coefficient (Wildman–Crippen LogP) is 6.26. The molecule has 8 heteroatoms. The number of hydrogen-bond acceptors (Lipinski definition) is 6. The van der Waals surface area contributed by atoms with Gasteiger partial charge in [0, 0.05) is 22.2 Å². The molecule has 0 aliphatic heterocycles. The van der Waals surface area contributed by atoms with E-state index >= 15 is 0 Å². The van der Waals surface area contributed by atoms with Crippen molar-refractivity contribution in [2.24, 2.45) is 0 Å². The minimum atomic E-state index is 0. The summed E-state index contributed by atoms with van der Waals surface area (Å²) in [6.07, 6.45) is 1.51. The van der Waals surface area contributed by atoms with Crippen molar-refractivity contribution in [1.29, 1.82) is 0 Å². The Kier molecular flexibility index (Phi) is 6.82. The highest BCUT2D eigenvalue weighted by Gasteiger charge is 2.11. The van der Waals surface area contributed by atoms with E-state index in [9.17, 15) is 0 Å². The molecule has 1 aromatic heterocycles. The summed E-state index contributed by atoms with van der Waals surface area (Å²) in [6.45, 7) is 0. The summed E-state index contributed by atoms with van der Waals surface area (Å²) in [7, 11) is 3.19. The smallest absolute Gasteiger partial charge is 0.162 e. The van der Waals surface area contributed by atoms with Crippen molar-refractivity contribution in [2.45, 2.75) is 0 Å². The lowest BCUT2D eigenvalue weighted by atomic mass is 10.2. The van der Waals surface area contributed by atoms with Gasteiger partial charge in [-0.15, -0.1) is 12.4 Å². The van der Waals surface area contributed by atoms with Gasteiger partial charge in [0.15, 0.2) is 11.5 Å². The lowest BCUT2D eigenvalue weighted by Gasteiger charge is -2.12. The average molecular weight is 444 g/mol. The number of halogens is 2. The topological polar surface area (TPSA) is 65.5 Å². The van der Waals surface area contributed by atoms with Crippen molar-refractivity contribution in [1.82, 2.24) is 9.97 Å². The van der Waals surface area contributed by atoms with Gasteiger partial charge in [0.1, 0.15) is 23.6 Å². The second-order valence-electron chi connectivity index (χ2n) is 6.15. The van der Waals surface area contributed by atoms with Crippen LogP contribution in [0.5, 0.6) is 23.0 Å². The fraction of sp³-hybridized carbons (Fsp3) is 0.0909. The molecule has 0 amide bonds. The highest BCUT2D eigenvalue weighted by Crippen LogP contribution is 2.34. The van der Waals surface area contributed by atoms with Gasteiger partial charge in [-0.1, -0.05) is 11.6 Å². The molecule has 30 heavy (non-hydrogen) atoms. The van der Waals surface area contributed by atoms with Gasteiger partial charge in [0.25, 0.3) is 0 Å². The van der Waals surface area contributed by atoms with Crippen LogP contribution in [0.4, 0.5) is 11.5 Å². The number of aromatic nitrogens is 2. The van der Waals surface area contributed by atoms with E-state index in [2.05, 4.69) is 15.3 Å². The number of methoxy groups -OCH3 is 2. The van der Waals surface area contributed by atoms with Crippen LogP contribution in [0.3, 0.4) is 0 Å². The third kappa shape index (κ3) is 4.67. The molecule has 0 bridgehead atoms. The first-order valence-corrected chi connectivity index (χ1v) is 9.21. The Balaban J connectivity index is 0.00000256. The number of nitrogens with zero attached hydrogens (tertiary/aromatic N) is 2. The Labute approximate surface area is 185 Å². The third-order valence-electron chi connectivity index (χ3n) is 4.31. The highest BCUT2D eigenvalue weighted by atomic mass is 35.5. The summed E-state index contributed by atoms with van der Waals surface area (Å²) in [5.74, 6) is 3.34. The van der Waals surface area contributed by atoms with Crippen molar-refractivity contribution in [2.75, 3.05) is 19.5 Å². The normalized spacial score (nSPS) is 10.2. The molecule has 0 saturated carbocycles. The zero-order chi connectivity index (χ0) is 20.2. The standard InChI is InChI=1S/C22H18ClN3O3.ClH/c1-27-20-11-18-19(12-21(20)28-2)24-13-25-22(18)26-15-5-9-17(10-6-15)29-16-7-3-14(23)4-8-16;/h3-13H,1-2H3,(H,24,25,26);1H. The predicted molar refractivity (Wildman–Crippen MR) is 121 cm³/mol. The molecule has 1 N–H and O–H groups in total. The van der Waals surface area contributed by atoms with Crippen LogP contribution < -0.4 is 19.5 Å². The van der Waals surface area contributed by atoms with E-state index in [1.54, 1.807) is 26.4 Å². The van der Waals surface area contributed by atoms with Gasteiger partial charge in [0.2, 0.25) is 0 Å². The van der Waals surface area contributed by atoms with Crippen LogP contribution in [0.1, 0.15) is 0 Å². The fourth-order valence-electron chi connectivity index (χ4n) is 2.86. The monoisotopic (exact) mass is 443 g/mol. The molecule has 0 spiro atoms. The highest BCUT2D eigenvalue weighted by molar-refractivity contribution is 6.30. The average Bonchev–Trinajstić information content (AvgIpc) is 2.76. The first kappa shape index (κ1) is 21.5. The van der Waals surface area contributed by atoms with Crippen LogP contribution >= 0.6 is 24.0 Å².